The molecule has 6 nitrogen and oxygen atoms in total. The van der Waals surface area contributed by atoms with Gasteiger partial charge in [0.2, 0.25) is 0 Å². The summed E-state index contributed by atoms with van der Waals surface area (Å²) >= 11 is 0. The minimum absolute atomic E-state index is 0.277. The molecule has 0 saturated carbocycles. The van der Waals surface area contributed by atoms with Gasteiger partial charge < -0.3 is 10.1 Å². The van der Waals surface area contributed by atoms with E-state index < -0.39 is 10.8 Å². The molecule has 0 radical (unpaired) electrons. The van der Waals surface area contributed by atoms with Crippen LogP contribution >= 0.6 is 0 Å². The summed E-state index contributed by atoms with van der Waals surface area (Å²) in [7, 11) is -0.991. The quantitative estimate of drug-likeness (QED) is 0.694. The number of aromatic nitrogens is 2. The summed E-state index contributed by atoms with van der Waals surface area (Å²) in [6.07, 6.45) is 0. The van der Waals surface area contributed by atoms with Gasteiger partial charge in [0.1, 0.15) is 11.6 Å². The number of nitrogens with zero attached hydrogens (tertiary/aromatic N) is 2. The van der Waals surface area contributed by atoms with Gasteiger partial charge in [-0.25, -0.2) is 4.68 Å². The van der Waals surface area contributed by atoms with Crippen molar-refractivity contribution in [3.05, 3.63) is 70.4 Å². The number of nitrogens with one attached hydrogen (secondary N) is 1. The number of amides is 1. The topological polar surface area (TPSA) is 73.2 Å². The number of carbonyl (C=O) groups is 1. The van der Waals surface area contributed by atoms with Gasteiger partial charge in [-0.3, -0.25) is 9.00 Å². The smallest absolute Gasteiger partial charge is 0.260 e. The lowest BCUT2D eigenvalue weighted by molar-refractivity contribution is 0.102. The fourth-order valence-corrected chi connectivity index (χ4v) is 4.77. The van der Waals surface area contributed by atoms with Crippen LogP contribution < -0.4 is 10.1 Å². The number of ether oxygens (including phenoxy) is 1. The minimum Gasteiger partial charge on any atom is -0.493 e. The molecule has 0 saturated heterocycles. The van der Waals surface area contributed by atoms with Crippen LogP contribution in [0.2, 0.25) is 0 Å². The second kappa shape index (κ2) is 7.83. The number of rotatable bonds is 5. The number of hydrogen-bond donors (Lipinski definition) is 1. The summed E-state index contributed by atoms with van der Waals surface area (Å²) in [6, 6.07) is 13.1. The average molecular weight is 410 g/mol. The lowest BCUT2D eigenvalue weighted by Gasteiger charge is -2.15. The minimum atomic E-state index is -0.991. The second-order valence-corrected chi connectivity index (χ2v) is 8.47. The molecule has 0 fully saturated rings. The molecule has 1 amide bonds. The van der Waals surface area contributed by atoms with Crippen molar-refractivity contribution in [2.75, 3.05) is 11.9 Å². The molecular formula is C22H23N3O3S. The van der Waals surface area contributed by atoms with Crippen LogP contribution in [0.5, 0.6) is 5.75 Å². The molecule has 2 aromatic carbocycles. The number of fused-ring (bicyclic) bond motifs is 1. The predicted octanol–water partition coefficient (Wildman–Crippen LogP) is 3.90. The molecule has 1 aliphatic rings. The van der Waals surface area contributed by atoms with Crippen molar-refractivity contribution in [1.82, 2.24) is 9.78 Å². The van der Waals surface area contributed by atoms with Crippen molar-refractivity contribution in [3.63, 3.8) is 0 Å². The Morgan fingerprint density at radius 1 is 1.17 bits per heavy atom. The maximum atomic E-state index is 13.1. The number of carbonyl (C=O) groups excluding carboxylic acids is 1. The van der Waals surface area contributed by atoms with E-state index in [-0.39, 0.29) is 5.91 Å². The molecule has 4 rings (SSSR count). The predicted molar refractivity (Wildman–Crippen MR) is 114 cm³/mol. The van der Waals surface area contributed by atoms with Gasteiger partial charge in [0.15, 0.2) is 0 Å². The Labute approximate surface area is 172 Å². The molecule has 3 aromatic rings. The standard InChI is InChI=1S/C22H23N3O3S/c1-4-28-20-11-6-5-9-16(20)22(26)23-21-17-12-29(27)13-18(17)24-25(21)19-10-7-8-14(2)15(19)3/h5-11H,4,12-13H2,1-3H3,(H,23,26)/t29-/m0/s1. The molecule has 0 bridgehead atoms. The highest BCUT2D eigenvalue weighted by Gasteiger charge is 2.29. The Morgan fingerprint density at radius 2 is 1.97 bits per heavy atom. The van der Waals surface area contributed by atoms with Crippen LogP contribution in [0.1, 0.15) is 39.7 Å². The van der Waals surface area contributed by atoms with Gasteiger partial charge in [-0.15, -0.1) is 0 Å². The molecule has 0 spiro atoms. The lowest BCUT2D eigenvalue weighted by Crippen LogP contribution is -2.18. The van der Waals surface area contributed by atoms with Crippen molar-refractivity contribution in [3.8, 4) is 11.4 Å². The zero-order valence-corrected chi connectivity index (χ0v) is 17.5. The molecule has 0 aliphatic carbocycles. The largest absolute Gasteiger partial charge is 0.493 e. The highest BCUT2D eigenvalue weighted by Crippen LogP contribution is 2.33. The van der Waals surface area contributed by atoms with Gasteiger partial charge in [0.05, 0.1) is 35.1 Å². The van der Waals surface area contributed by atoms with E-state index in [2.05, 4.69) is 5.32 Å². The van der Waals surface area contributed by atoms with Gasteiger partial charge in [0.25, 0.3) is 5.91 Å². The summed E-state index contributed by atoms with van der Waals surface area (Å²) in [5, 5.41) is 7.72. The first-order valence-corrected chi connectivity index (χ1v) is 11.0. The fraction of sp³-hybridized carbons (Fsp3) is 0.273. The molecule has 1 aromatic heterocycles. The van der Waals surface area contributed by atoms with Crippen LogP contribution in [0, 0.1) is 13.8 Å². The summed E-state index contributed by atoms with van der Waals surface area (Å²) in [6.45, 7) is 6.43. The van der Waals surface area contributed by atoms with Crippen LogP contribution in [0.25, 0.3) is 5.69 Å². The average Bonchev–Trinajstić information content (AvgIpc) is 3.21. The van der Waals surface area contributed by atoms with E-state index in [9.17, 15) is 9.00 Å². The Balaban J connectivity index is 1.79. The molecule has 1 N–H and O–H groups in total. The van der Waals surface area contributed by atoms with Gasteiger partial charge in [-0.05, 0) is 50.1 Å². The number of anilines is 1. The van der Waals surface area contributed by atoms with E-state index in [1.807, 2.05) is 45.0 Å². The summed E-state index contributed by atoms with van der Waals surface area (Å²) in [5.74, 6) is 1.64. The van der Waals surface area contributed by atoms with Gasteiger partial charge in [-0.1, -0.05) is 24.3 Å². The first kappa shape index (κ1) is 19.4. The van der Waals surface area contributed by atoms with Crippen LogP contribution in [0.3, 0.4) is 0 Å². The van der Waals surface area contributed by atoms with Crippen LogP contribution in [0.15, 0.2) is 42.5 Å². The number of hydrogen-bond acceptors (Lipinski definition) is 4. The normalized spacial score (nSPS) is 15.2. The van der Waals surface area contributed by atoms with Crippen LogP contribution in [-0.2, 0) is 22.3 Å². The fourth-order valence-electron chi connectivity index (χ4n) is 3.51. The monoisotopic (exact) mass is 409 g/mol. The molecule has 0 unspecified atom stereocenters. The Kier molecular flexibility index (Phi) is 5.24. The number of aryl methyl sites for hydroxylation is 1. The van der Waals surface area contributed by atoms with E-state index in [1.54, 1.807) is 22.9 Å². The highest BCUT2D eigenvalue weighted by molar-refractivity contribution is 7.83. The van der Waals surface area contributed by atoms with Crippen LogP contribution in [0.4, 0.5) is 5.82 Å². The first-order valence-electron chi connectivity index (χ1n) is 9.55. The van der Waals surface area contributed by atoms with Crippen molar-refractivity contribution >= 4 is 22.5 Å². The maximum Gasteiger partial charge on any atom is 0.260 e. The number of benzene rings is 2. The van der Waals surface area contributed by atoms with Crippen molar-refractivity contribution in [1.29, 1.82) is 0 Å². The molecule has 2 heterocycles. The van der Waals surface area contributed by atoms with Gasteiger partial charge in [-0.2, -0.15) is 5.10 Å². The molecular weight excluding hydrogens is 386 g/mol. The summed E-state index contributed by atoms with van der Waals surface area (Å²) in [4.78, 5) is 13.1. The van der Waals surface area contributed by atoms with E-state index in [0.29, 0.717) is 35.2 Å². The van der Waals surface area contributed by atoms with Gasteiger partial charge >= 0.3 is 0 Å². The van der Waals surface area contributed by atoms with Crippen molar-refractivity contribution in [2.45, 2.75) is 32.3 Å². The zero-order chi connectivity index (χ0) is 20.5. The molecule has 29 heavy (non-hydrogen) atoms. The highest BCUT2D eigenvalue weighted by atomic mass is 32.2. The Morgan fingerprint density at radius 3 is 2.76 bits per heavy atom. The molecule has 1 atom stereocenters. The number of para-hydroxylation sites is 1. The van der Waals surface area contributed by atoms with Gasteiger partial charge in [0, 0.05) is 16.4 Å². The first-order chi connectivity index (χ1) is 14.0. The summed E-state index contributed by atoms with van der Waals surface area (Å²) < 4.78 is 19.5. The zero-order valence-electron chi connectivity index (χ0n) is 16.7. The van der Waals surface area contributed by atoms with E-state index in [1.165, 1.54) is 0 Å². The maximum absolute atomic E-state index is 13.1. The lowest BCUT2D eigenvalue weighted by atomic mass is 10.1. The third kappa shape index (κ3) is 3.58. The van der Waals surface area contributed by atoms with E-state index >= 15 is 0 Å². The van der Waals surface area contributed by atoms with Crippen LogP contribution in [-0.4, -0.2) is 26.5 Å². The molecule has 1 aliphatic heterocycles. The third-order valence-electron chi connectivity index (χ3n) is 5.14. The van der Waals surface area contributed by atoms with E-state index in [4.69, 9.17) is 9.84 Å². The Bertz CT molecular complexity index is 1120. The second-order valence-electron chi connectivity index (χ2n) is 7.02. The third-order valence-corrected chi connectivity index (χ3v) is 6.34. The summed E-state index contributed by atoms with van der Waals surface area (Å²) in [5.41, 5.74) is 5.19. The molecule has 150 valence electrons. The van der Waals surface area contributed by atoms with Crippen molar-refractivity contribution in [2.24, 2.45) is 0 Å². The van der Waals surface area contributed by atoms with Crippen molar-refractivity contribution < 1.29 is 13.7 Å². The van der Waals surface area contributed by atoms with E-state index in [0.717, 1.165) is 28.1 Å². The Hall–Kier alpha value is -2.93. The molecule has 7 heteroatoms. The SMILES string of the molecule is CCOc1ccccc1C(=O)Nc1c2c(nn1-c1cccc(C)c1C)C[S@@](=O)C2.